The highest BCUT2D eigenvalue weighted by Crippen LogP contribution is 2.28. The van der Waals surface area contributed by atoms with Gasteiger partial charge in [-0.15, -0.1) is 0 Å². The van der Waals surface area contributed by atoms with Crippen LogP contribution in [0.5, 0.6) is 0 Å². The molecular formula is C14H8ClN3O3. The quantitative estimate of drug-likeness (QED) is 0.491. The first-order chi connectivity index (χ1) is 10.0. The van der Waals surface area contributed by atoms with E-state index in [9.17, 15) is 20.2 Å². The van der Waals surface area contributed by atoms with Gasteiger partial charge in [-0.1, -0.05) is 17.7 Å². The predicted octanol–water partition coefficient (Wildman–Crippen LogP) is 3.13. The maximum Gasteiger partial charge on any atom is 0.281 e. The fraction of sp³-hybridized carbons (Fsp3) is 0.0714. The molecule has 2 rings (SSSR count). The van der Waals surface area contributed by atoms with Crippen LogP contribution in [-0.4, -0.2) is 15.7 Å². The van der Waals surface area contributed by atoms with Crippen molar-refractivity contribution >= 4 is 23.1 Å². The number of nitrogens with zero attached hydrogens (tertiary/aromatic N) is 3. The van der Waals surface area contributed by atoms with E-state index in [0.717, 1.165) is 6.07 Å². The lowest BCUT2D eigenvalue weighted by Gasteiger charge is -2.08. The van der Waals surface area contributed by atoms with E-state index in [1.54, 1.807) is 12.1 Å². The highest BCUT2D eigenvalue weighted by Gasteiger charge is 2.29. The van der Waals surface area contributed by atoms with Crippen LogP contribution in [0.3, 0.4) is 0 Å². The Kier molecular flexibility index (Phi) is 4.26. The van der Waals surface area contributed by atoms with Crippen LogP contribution in [0.1, 0.15) is 22.0 Å². The molecule has 1 aromatic heterocycles. The number of hydrogen-bond donors (Lipinski definition) is 0. The molecular weight excluding hydrogens is 294 g/mol. The van der Waals surface area contributed by atoms with Gasteiger partial charge in [0.05, 0.1) is 22.2 Å². The number of carbonyl (C=O) groups excluding carboxylic acids is 1. The van der Waals surface area contributed by atoms with Gasteiger partial charge in [0.2, 0.25) is 0 Å². The van der Waals surface area contributed by atoms with Crippen molar-refractivity contribution in [3.8, 4) is 6.07 Å². The Bertz CT molecular complexity index is 741. The van der Waals surface area contributed by atoms with Gasteiger partial charge in [-0.2, -0.15) is 5.26 Å². The zero-order chi connectivity index (χ0) is 15.4. The largest absolute Gasteiger partial charge is 0.292 e. The lowest BCUT2D eigenvalue weighted by atomic mass is 9.94. The summed E-state index contributed by atoms with van der Waals surface area (Å²) in [5.74, 6) is -1.88. The number of nitriles is 1. The topological polar surface area (TPSA) is 96.9 Å². The van der Waals surface area contributed by atoms with Crippen LogP contribution in [0.2, 0.25) is 5.02 Å². The van der Waals surface area contributed by atoms with E-state index in [4.69, 9.17) is 11.6 Å². The number of aromatic nitrogens is 1. The number of nitro groups is 1. The molecule has 0 spiro atoms. The molecule has 0 bridgehead atoms. The number of benzene rings is 1. The summed E-state index contributed by atoms with van der Waals surface area (Å²) < 4.78 is 0. The van der Waals surface area contributed by atoms with Crippen LogP contribution in [-0.2, 0) is 0 Å². The minimum absolute atomic E-state index is 0.143. The lowest BCUT2D eigenvalue weighted by Crippen LogP contribution is -2.14. The van der Waals surface area contributed by atoms with Gasteiger partial charge >= 0.3 is 0 Å². The van der Waals surface area contributed by atoms with Gasteiger partial charge in [0, 0.05) is 17.3 Å². The van der Waals surface area contributed by atoms with Crippen LogP contribution in [0.4, 0.5) is 5.69 Å². The lowest BCUT2D eigenvalue weighted by molar-refractivity contribution is -0.385. The molecule has 0 aliphatic carbocycles. The first-order valence-corrected chi connectivity index (χ1v) is 6.21. The Morgan fingerprint density at radius 1 is 1.38 bits per heavy atom. The van der Waals surface area contributed by atoms with Crippen molar-refractivity contribution in [1.82, 2.24) is 4.98 Å². The number of Topliss-reactive ketones (excluding diaryl/α,β-unsaturated/α-hetero) is 1. The van der Waals surface area contributed by atoms with Crippen LogP contribution in [0.25, 0.3) is 0 Å². The molecule has 0 saturated carbocycles. The maximum absolute atomic E-state index is 12.4. The fourth-order valence-corrected chi connectivity index (χ4v) is 1.99. The van der Waals surface area contributed by atoms with Gasteiger partial charge < -0.3 is 0 Å². The Labute approximate surface area is 124 Å². The van der Waals surface area contributed by atoms with Gasteiger partial charge in [0.15, 0.2) is 11.7 Å². The van der Waals surface area contributed by atoms with Gasteiger partial charge in [0.25, 0.3) is 5.69 Å². The monoisotopic (exact) mass is 301 g/mol. The molecule has 0 N–H and O–H groups in total. The summed E-state index contributed by atoms with van der Waals surface area (Å²) >= 11 is 5.70. The first-order valence-electron chi connectivity index (χ1n) is 5.83. The molecule has 1 heterocycles. The van der Waals surface area contributed by atoms with Gasteiger partial charge in [-0.05, 0) is 24.3 Å². The first kappa shape index (κ1) is 14.6. The molecule has 1 unspecified atom stereocenters. The number of halogens is 1. The van der Waals surface area contributed by atoms with Crippen molar-refractivity contribution in [3.63, 3.8) is 0 Å². The number of ketones is 1. The smallest absolute Gasteiger partial charge is 0.281 e. The Morgan fingerprint density at radius 3 is 2.71 bits per heavy atom. The second-order valence-electron chi connectivity index (χ2n) is 4.10. The number of hydrogen-bond acceptors (Lipinski definition) is 5. The van der Waals surface area contributed by atoms with Crippen molar-refractivity contribution < 1.29 is 9.72 Å². The van der Waals surface area contributed by atoms with Crippen molar-refractivity contribution in [2.75, 3.05) is 0 Å². The molecule has 0 radical (unpaired) electrons. The van der Waals surface area contributed by atoms with E-state index in [1.165, 1.54) is 24.4 Å². The van der Waals surface area contributed by atoms with Crippen molar-refractivity contribution in [2.45, 2.75) is 5.92 Å². The van der Waals surface area contributed by atoms with Crippen LogP contribution >= 0.6 is 11.6 Å². The number of nitro benzene ring substituents is 1. The summed E-state index contributed by atoms with van der Waals surface area (Å²) in [6.07, 6.45) is 1.45. The molecule has 0 aliphatic rings. The van der Waals surface area contributed by atoms with E-state index in [1.807, 2.05) is 6.07 Å². The average Bonchev–Trinajstić information content (AvgIpc) is 2.48. The van der Waals surface area contributed by atoms with Crippen LogP contribution in [0.15, 0.2) is 42.6 Å². The Balaban J connectivity index is 2.49. The summed E-state index contributed by atoms with van der Waals surface area (Å²) in [7, 11) is 0. The number of carbonyl (C=O) groups is 1. The Hall–Kier alpha value is -2.78. The fourth-order valence-electron chi connectivity index (χ4n) is 1.83. The van der Waals surface area contributed by atoms with E-state index in [0.29, 0.717) is 0 Å². The normalized spacial score (nSPS) is 11.4. The zero-order valence-corrected chi connectivity index (χ0v) is 11.3. The molecule has 1 atom stereocenters. The number of pyridine rings is 1. The predicted molar refractivity (Wildman–Crippen MR) is 75.0 cm³/mol. The zero-order valence-electron chi connectivity index (χ0n) is 10.6. The van der Waals surface area contributed by atoms with E-state index >= 15 is 0 Å². The third-order valence-corrected chi connectivity index (χ3v) is 3.03. The average molecular weight is 302 g/mol. The molecule has 0 aliphatic heterocycles. The summed E-state index contributed by atoms with van der Waals surface area (Å²) in [6, 6.07) is 10.3. The summed E-state index contributed by atoms with van der Waals surface area (Å²) in [5.41, 5.74) is -0.348. The van der Waals surface area contributed by atoms with Crippen molar-refractivity contribution in [2.24, 2.45) is 0 Å². The maximum atomic E-state index is 12.4. The second-order valence-corrected chi connectivity index (χ2v) is 4.54. The van der Waals surface area contributed by atoms with Gasteiger partial charge in [-0.3, -0.25) is 19.9 Å². The minimum atomic E-state index is -1.20. The van der Waals surface area contributed by atoms with E-state index < -0.39 is 22.3 Å². The van der Waals surface area contributed by atoms with Gasteiger partial charge in [-0.25, -0.2) is 0 Å². The molecule has 104 valence electrons. The molecule has 21 heavy (non-hydrogen) atoms. The van der Waals surface area contributed by atoms with E-state index in [2.05, 4.69) is 4.98 Å². The Morgan fingerprint density at radius 2 is 2.14 bits per heavy atom. The second kappa shape index (κ2) is 6.11. The van der Waals surface area contributed by atoms with Crippen molar-refractivity contribution in [1.29, 1.82) is 5.26 Å². The molecule has 1 aromatic carbocycles. The molecule has 0 amide bonds. The SMILES string of the molecule is N#CC(C(=O)c1ccc(Cl)cc1[N+](=O)[O-])c1ccccn1. The summed E-state index contributed by atoms with van der Waals surface area (Å²) in [5, 5.41) is 20.4. The van der Waals surface area contributed by atoms with E-state index in [-0.39, 0.29) is 16.3 Å². The third kappa shape index (κ3) is 3.04. The summed E-state index contributed by atoms with van der Waals surface area (Å²) in [6.45, 7) is 0. The molecule has 0 saturated heterocycles. The summed E-state index contributed by atoms with van der Waals surface area (Å²) in [4.78, 5) is 26.7. The molecule has 6 nitrogen and oxygen atoms in total. The number of rotatable bonds is 4. The van der Waals surface area contributed by atoms with Crippen LogP contribution in [0, 0.1) is 21.4 Å². The minimum Gasteiger partial charge on any atom is -0.292 e. The molecule has 0 fully saturated rings. The highest BCUT2D eigenvalue weighted by molar-refractivity contribution is 6.31. The highest BCUT2D eigenvalue weighted by atomic mass is 35.5. The molecule has 2 aromatic rings. The van der Waals surface area contributed by atoms with Gasteiger partial charge in [0.1, 0.15) is 0 Å². The van der Waals surface area contributed by atoms with Crippen molar-refractivity contribution in [3.05, 3.63) is 69.0 Å². The molecule has 7 heteroatoms. The van der Waals surface area contributed by atoms with Crippen LogP contribution < -0.4 is 0 Å². The third-order valence-electron chi connectivity index (χ3n) is 2.80. The standard InChI is InChI=1S/C14H8ClN3O3/c15-9-4-5-10(13(7-9)18(20)21)14(19)11(8-16)12-3-1-2-6-17-12/h1-7,11H.